The lowest BCUT2D eigenvalue weighted by Crippen LogP contribution is -2.23. The Hall–Kier alpha value is -1.68. The molecule has 1 aliphatic heterocycles. The van der Waals surface area contributed by atoms with E-state index in [1.165, 1.54) is 0 Å². The highest BCUT2D eigenvalue weighted by molar-refractivity contribution is 5.23. The Kier molecular flexibility index (Phi) is 2.22. The Balaban J connectivity index is 2.05. The normalized spacial score (nSPS) is 19.4. The van der Waals surface area contributed by atoms with Gasteiger partial charge in [-0.3, -0.25) is 0 Å². The summed E-state index contributed by atoms with van der Waals surface area (Å²) in [6.45, 7) is 3.39. The molecule has 0 fully saturated rings. The Morgan fingerprint density at radius 1 is 1.31 bits per heavy atom. The monoisotopic (exact) mass is 215 g/mol. The topological polar surface area (TPSA) is 39.9 Å². The second kappa shape index (κ2) is 3.72. The molecule has 1 aromatic carbocycles. The first kappa shape index (κ1) is 9.54. The second-order valence-electron chi connectivity index (χ2n) is 3.90. The van der Waals surface area contributed by atoms with E-state index in [0.717, 1.165) is 23.8 Å². The molecule has 0 bridgehead atoms. The Morgan fingerprint density at radius 2 is 2.12 bits per heavy atom. The maximum atomic E-state index is 5.78. The number of hydrogen-bond acceptors (Lipinski definition) is 3. The maximum absolute atomic E-state index is 5.78. The highest BCUT2D eigenvalue weighted by Gasteiger charge is 2.25. The van der Waals surface area contributed by atoms with Crippen LogP contribution in [0, 0.1) is 6.92 Å². The molecule has 0 radical (unpaired) electrons. The van der Waals surface area contributed by atoms with Crippen LogP contribution >= 0.6 is 0 Å². The van der Waals surface area contributed by atoms with E-state index in [-0.39, 0.29) is 6.10 Å². The van der Waals surface area contributed by atoms with Crippen LogP contribution in [-0.2, 0) is 11.3 Å². The lowest BCUT2D eigenvalue weighted by Gasteiger charge is -2.23. The third-order valence-electron chi connectivity index (χ3n) is 2.73. The van der Waals surface area contributed by atoms with E-state index in [9.17, 15) is 0 Å². The van der Waals surface area contributed by atoms with E-state index in [4.69, 9.17) is 4.74 Å². The Labute approximate surface area is 93.9 Å². The summed E-state index contributed by atoms with van der Waals surface area (Å²) < 4.78 is 7.72. The first-order valence-electron chi connectivity index (χ1n) is 5.42. The third kappa shape index (κ3) is 1.51. The SMILES string of the molecule is Cc1nc2n(n1)CCOC2c1ccccc1. The van der Waals surface area contributed by atoms with E-state index >= 15 is 0 Å². The molecule has 0 saturated carbocycles. The largest absolute Gasteiger partial charge is 0.364 e. The van der Waals surface area contributed by atoms with Crippen molar-refractivity contribution in [1.82, 2.24) is 14.8 Å². The van der Waals surface area contributed by atoms with Gasteiger partial charge in [-0.15, -0.1) is 0 Å². The van der Waals surface area contributed by atoms with Gasteiger partial charge in [0.1, 0.15) is 11.9 Å². The fourth-order valence-corrected chi connectivity index (χ4v) is 2.03. The zero-order valence-corrected chi connectivity index (χ0v) is 9.13. The first-order chi connectivity index (χ1) is 7.84. The number of ether oxygens (including phenoxy) is 1. The summed E-state index contributed by atoms with van der Waals surface area (Å²) >= 11 is 0. The highest BCUT2D eigenvalue weighted by Crippen LogP contribution is 2.27. The molecule has 1 aromatic heterocycles. The van der Waals surface area contributed by atoms with Gasteiger partial charge >= 0.3 is 0 Å². The molecule has 1 atom stereocenters. The van der Waals surface area contributed by atoms with E-state index in [0.29, 0.717) is 6.61 Å². The van der Waals surface area contributed by atoms with Crippen LogP contribution in [0.1, 0.15) is 23.3 Å². The first-order valence-corrected chi connectivity index (χ1v) is 5.42. The van der Waals surface area contributed by atoms with Crippen LogP contribution < -0.4 is 0 Å². The van der Waals surface area contributed by atoms with Crippen molar-refractivity contribution in [3.63, 3.8) is 0 Å². The molecule has 16 heavy (non-hydrogen) atoms. The van der Waals surface area contributed by atoms with Crippen LogP contribution in [0.25, 0.3) is 0 Å². The molecule has 82 valence electrons. The second-order valence-corrected chi connectivity index (χ2v) is 3.90. The quantitative estimate of drug-likeness (QED) is 0.727. The van der Waals surface area contributed by atoms with Crippen molar-refractivity contribution >= 4 is 0 Å². The average molecular weight is 215 g/mol. The average Bonchev–Trinajstić information content (AvgIpc) is 2.70. The van der Waals surface area contributed by atoms with E-state index < -0.39 is 0 Å². The molecular formula is C12H13N3O. The number of nitrogens with zero attached hydrogens (tertiary/aromatic N) is 3. The number of rotatable bonds is 1. The van der Waals surface area contributed by atoms with Crippen LogP contribution in [0.4, 0.5) is 0 Å². The van der Waals surface area contributed by atoms with Gasteiger partial charge in [-0.25, -0.2) is 9.67 Å². The number of hydrogen-bond donors (Lipinski definition) is 0. The number of aryl methyl sites for hydroxylation is 1. The van der Waals surface area contributed by atoms with Crippen molar-refractivity contribution in [3.05, 3.63) is 47.5 Å². The van der Waals surface area contributed by atoms with Gasteiger partial charge in [-0.05, 0) is 12.5 Å². The summed E-state index contributed by atoms with van der Waals surface area (Å²) in [5.41, 5.74) is 1.14. The minimum Gasteiger partial charge on any atom is -0.364 e. The van der Waals surface area contributed by atoms with Crippen molar-refractivity contribution in [2.24, 2.45) is 0 Å². The molecule has 1 unspecified atom stereocenters. The van der Waals surface area contributed by atoms with Crippen LogP contribution in [0.2, 0.25) is 0 Å². The summed E-state index contributed by atoms with van der Waals surface area (Å²) in [7, 11) is 0. The lowest BCUT2D eigenvalue weighted by molar-refractivity contribution is 0.0390. The summed E-state index contributed by atoms with van der Waals surface area (Å²) in [4.78, 5) is 4.44. The highest BCUT2D eigenvalue weighted by atomic mass is 16.5. The third-order valence-corrected chi connectivity index (χ3v) is 2.73. The van der Waals surface area contributed by atoms with E-state index in [1.54, 1.807) is 0 Å². The van der Waals surface area contributed by atoms with E-state index in [2.05, 4.69) is 22.2 Å². The van der Waals surface area contributed by atoms with Crippen LogP contribution in [0.3, 0.4) is 0 Å². The molecule has 1 aliphatic rings. The fourth-order valence-electron chi connectivity index (χ4n) is 2.03. The molecule has 2 aromatic rings. The van der Waals surface area contributed by atoms with Gasteiger partial charge in [-0.1, -0.05) is 30.3 Å². The molecule has 0 N–H and O–H groups in total. The van der Waals surface area contributed by atoms with Crippen molar-refractivity contribution < 1.29 is 4.74 Å². The standard InChI is InChI=1S/C12H13N3O/c1-9-13-12-11(10-5-3-2-4-6-10)16-8-7-15(12)14-9/h2-6,11H,7-8H2,1H3. The Bertz CT molecular complexity index is 492. The predicted molar refractivity (Wildman–Crippen MR) is 59.0 cm³/mol. The Morgan fingerprint density at radius 3 is 2.94 bits per heavy atom. The lowest BCUT2D eigenvalue weighted by atomic mass is 10.1. The van der Waals surface area contributed by atoms with Gasteiger partial charge in [0.25, 0.3) is 0 Å². The summed E-state index contributed by atoms with van der Waals surface area (Å²) in [6.07, 6.45) is -0.0730. The van der Waals surface area contributed by atoms with Gasteiger partial charge < -0.3 is 4.74 Å². The summed E-state index contributed by atoms with van der Waals surface area (Å²) in [5, 5.41) is 4.35. The molecule has 0 spiro atoms. The van der Waals surface area contributed by atoms with Crippen molar-refractivity contribution in [1.29, 1.82) is 0 Å². The number of benzene rings is 1. The summed E-state index contributed by atoms with van der Waals surface area (Å²) in [6, 6.07) is 10.2. The van der Waals surface area contributed by atoms with Gasteiger partial charge in [-0.2, -0.15) is 5.10 Å². The predicted octanol–water partition coefficient (Wildman–Crippen LogP) is 1.71. The molecule has 0 aliphatic carbocycles. The minimum atomic E-state index is -0.0730. The van der Waals surface area contributed by atoms with Gasteiger partial charge in [0, 0.05) is 0 Å². The minimum absolute atomic E-state index is 0.0730. The van der Waals surface area contributed by atoms with Crippen LogP contribution in [-0.4, -0.2) is 21.4 Å². The van der Waals surface area contributed by atoms with E-state index in [1.807, 2.05) is 29.8 Å². The van der Waals surface area contributed by atoms with Gasteiger partial charge in [0.05, 0.1) is 13.2 Å². The van der Waals surface area contributed by atoms with Crippen molar-refractivity contribution in [3.8, 4) is 0 Å². The maximum Gasteiger partial charge on any atom is 0.161 e. The number of aromatic nitrogens is 3. The molecule has 3 rings (SSSR count). The van der Waals surface area contributed by atoms with Gasteiger partial charge in [0.15, 0.2) is 5.82 Å². The van der Waals surface area contributed by atoms with Crippen LogP contribution in [0.5, 0.6) is 0 Å². The van der Waals surface area contributed by atoms with Crippen molar-refractivity contribution in [2.75, 3.05) is 6.61 Å². The zero-order chi connectivity index (χ0) is 11.0. The molecular weight excluding hydrogens is 202 g/mol. The summed E-state index contributed by atoms with van der Waals surface area (Å²) in [5.74, 6) is 1.72. The fraction of sp³-hybridized carbons (Fsp3) is 0.333. The number of fused-ring (bicyclic) bond motifs is 1. The van der Waals surface area contributed by atoms with Crippen molar-refractivity contribution in [2.45, 2.75) is 19.6 Å². The zero-order valence-electron chi connectivity index (χ0n) is 9.13. The molecule has 4 heteroatoms. The molecule has 2 heterocycles. The van der Waals surface area contributed by atoms with Gasteiger partial charge in [0.2, 0.25) is 0 Å². The van der Waals surface area contributed by atoms with Crippen LogP contribution in [0.15, 0.2) is 30.3 Å². The smallest absolute Gasteiger partial charge is 0.161 e. The molecule has 4 nitrogen and oxygen atoms in total. The molecule has 0 amide bonds. The molecule has 0 saturated heterocycles.